The van der Waals surface area contributed by atoms with E-state index in [0.717, 1.165) is 23.8 Å². The van der Waals surface area contributed by atoms with E-state index in [1.807, 2.05) is 0 Å². The largest absolute Gasteiger partial charge is 0.743 e. The van der Waals surface area contributed by atoms with Gasteiger partial charge >= 0.3 is 47.0 Å². The summed E-state index contributed by atoms with van der Waals surface area (Å²) in [6, 6.07) is 0. The van der Waals surface area contributed by atoms with Crippen LogP contribution in [0.2, 0.25) is 0 Å². The van der Waals surface area contributed by atoms with Crippen LogP contribution in [0, 0.1) is 0 Å². The molecule has 0 bridgehead atoms. The molecule has 0 saturated heterocycles. The lowest BCUT2D eigenvalue weighted by molar-refractivity contribution is -0.458. The lowest BCUT2D eigenvalue weighted by Gasteiger charge is -2.42. The van der Waals surface area contributed by atoms with Crippen LogP contribution in [0.1, 0.15) is 51.9 Å². The minimum Gasteiger partial charge on any atom is -0.743 e. The van der Waals surface area contributed by atoms with Crippen molar-refractivity contribution in [2.45, 2.75) is 104 Å². The standard InChI is InChI=1S/C12H23OS.C8HF17O3S/c1-3-7-11(13)10-14(2)12-8-5-4-6-9-12;9-1(10,3(13,14)5(17,18)7(21,22)23)2(11,12)4(15,16)6(19,20)8(24,25)29(26,27)28/h12H,3-10H2,1-2H3;(H,26,27,28)/q+1;/p-1. The lowest BCUT2D eigenvalue weighted by atomic mass is 9.91. The van der Waals surface area contributed by atoms with Gasteiger partial charge in [0.15, 0.2) is 21.7 Å². The Labute approximate surface area is 235 Å². The van der Waals surface area contributed by atoms with Crippen LogP contribution in [0.15, 0.2) is 0 Å². The molecule has 23 heteroatoms. The van der Waals surface area contributed by atoms with Crippen molar-refractivity contribution in [3.05, 3.63) is 0 Å². The van der Waals surface area contributed by atoms with Crippen LogP contribution in [0.4, 0.5) is 74.6 Å². The molecule has 1 atom stereocenters. The maximum atomic E-state index is 13.0. The molecule has 0 heterocycles. The van der Waals surface area contributed by atoms with Crippen LogP contribution < -0.4 is 0 Å². The molecular weight excluding hydrogens is 691 g/mol. The van der Waals surface area contributed by atoms with Gasteiger partial charge in [-0.25, -0.2) is 8.42 Å². The zero-order chi connectivity index (χ0) is 34.9. The number of ketones is 1. The molecule has 0 N–H and O–H groups in total. The predicted octanol–water partition coefficient (Wildman–Crippen LogP) is 7.43. The molecule has 1 aliphatic carbocycles. The summed E-state index contributed by atoms with van der Waals surface area (Å²) in [4.78, 5) is 11.5. The molecule has 4 nitrogen and oxygen atoms in total. The quantitative estimate of drug-likeness (QED) is 0.120. The molecule has 1 aliphatic rings. The Morgan fingerprint density at radius 1 is 0.674 bits per heavy atom. The fraction of sp³-hybridized carbons (Fsp3) is 0.950. The molecule has 1 fully saturated rings. The Balaban J connectivity index is 0.00000104. The van der Waals surface area contributed by atoms with E-state index >= 15 is 0 Å². The molecule has 1 saturated carbocycles. The van der Waals surface area contributed by atoms with Crippen molar-refractivity contribution >= 4 is 26.8 Å². The third-order valence-corrected chi connectivity index (χ3v) is 9.32. The van der Waals surface area contributed by atoms with Crippen LogP contribution in [-0.2, 0) is 25.8 Å². The van der Waals surface area contributed by atoms with Crippen molar-refractivity contribution in [3.63, 3.8) is 0 Å². The first kappa shape index (κ1) is 41.7. The minimum absolute atomic E-state index is 0.362. The smallest absolute Gasteiger partial charge is 0.460 e. The highest BCUT2D eigenvalue weighted by Crippen LogP contribution is 2.64. The van der Waals surface area contributed by atoms with E-state index in [1.54, 1.807) is 0 Å². The van der Waals surface area contributed by atoms with Crippen LogP contribution in [0.3, 0.4) is 0 Å². The van der Waals surface area contributed by atoms with Gasteiger partial charge < -0.3 is 4.55 Å². The minimum atomic E-state index is -8.92. The SMILES string of the molecule is CCCC(=O)C[S+](C)C1CCCCC1.O=S(=O)([O-])C(F)(F)C(F)(F)C(F)(F)C(F)(F)C(F)(F)C(F)(F)C(F)(F)C(F)(F)F. The van der Waals surface area contributed by atoms with Crippen LogP contribution in [0.25, 0.3) is 0 Å². The van der Waals surface area contributed by atoms with Gasteiger partial charge in [-0.3, -0.25) is 4.79 Å². The molecule has 0 spiro atoms. The van der Waals surface area contributed by atoms with Crippen molar-refractivity contribution in [1.29, 1.82) is 0 Å². The molecule has 0 amide bonds. The summed E-state index contributed by atoms with van der Waals surface area (Å²) >= 11 is 0. The molecule has 0 aromatic rings. The second kappa shape index (κ2) is 13.2. The Morgan fingerprint density at radius 2 is 1.02 bits per heavy atom. The van der Waals surface area contributed by atoms with E-state index in [2.05, 4.69) is 13.2 Å². The fourth-order valence-corrected chi connectivity index (χ4v) is 5.96. The van der Waals surface area contributed by atoms with E-state index in [0.29, 0.717) is 16.7 Å². The number of Topliss-reactive ketones (excluding diaryl/α,β-unsaturated/α-hetero) is 1. The number of alkyl halides is 17. The Bertz CT molecular complexity index is 1050. The van der Waals surface area contributed by atoms with Gasteiger partial charge in [0, 0.05) is 6.42 Å². The molecule has 0 radical (unpaired) electrons. The number of carbonyl (C=O) groups is 1. The van der Waals surface area contributed by atoms with Crippen LogP contribution in [0.5, 0.6) is 0 Å². The third kappa shape index (κ3) is 7.59. The highest BCUT2D eigenvalue weighted by atomic mass is 32.2. The summed E-state index contributed by atoms with van der Waals surface area (Å²) in [5, 5.41) is -7.09. The van der Waals surface area contributed by atoms with Gasteiger partial charge in [-0.1, -0.05) is 13.3 Å². The van der Waals surface area contributed by atoms with Gasteiger partial charge in [0.2, 0.25) is 0 Å². The maximum Gasteiger partial charge on any atom is 0.460 e. The summed E-state index contributed by atoms with van der Waals surface area (Å²) in [7, 11) is -7.78. The Morgan fingerprint density at radius 3 is 1.35 bits per heavy atom. The first-order valence-corrected chi connectivity index (χ1v) is 14.8. The number of rotatable bonds is 12. The molecular formula is C20H23F17O4S2. The fourth-order valence-electron chi connectivity index (χ4n) is 3.50. The zero-order valence-corrected chi connectivity index (χ0v) is 23.2. The van der Waals surface area contributed by atoms with Gasteiger partial charge in [-0.2, -0.15) is 74.6 Å². The van der Waals surface area contributed by atoms with Gasteiger partial charge in [0.1, 0.15) is 5.25 Å². The van der Waals surface area contributed by atoms with E-state index in [4.69, 9.17) is 0 Å². The number of hydrogen-bond acceptors (Lipinski definition) is 4. The molecule has 0 aromatic heterocycles. The van der Waals surface area contributed by atoms with Crippen molar-refractivity contribution in [2.75, 3.05) is 12.0 Å². The summed E-state index contributed by atoms with van der Waals surface area (Å²) in [5.41, 5.74) is 0. The van der Waals surface area contributed by atoms with Gasteiger partial charge in [-0.15, -0.1) is 0 Å². The van der Waals surface area contributed by atoms with Crippen LogP contribution >= 0.6 is 0 Å². The Hall–Kier alpha value is -1.26. The Kier molecular flexibility index (Phi) is 12.8. The van der Waals surface area contributed by atoms with E-state index < -0.39 is 57.1 Å². The van der Waals surface area contributed by atoms with Crippen molar-refractivity contribution in [2.24, 2.45) is 0 Å². The van der Waals surface area contributed by atoms with Gasteiger partial charge in [-0.05, 0) is 43.0 Å². The van der Waals surface area contributed by atoms with E-state index in [9.17, 15) is 92.4 Å². The first-order valence-electron chi connectivity index (χ1n) is 11.5. The summed E-state index contributed by atoms with van der Waals surface area (Å²) in [6.07, 6.45) is 3.16. The maximum absolute atomic E-state index is 13.0. The highest BCUT2D eigenvalue weighted by Gasteiger charge is 2.95. The van der Waals surface area contributed by atoms with Crippen molar-refractivity contribution < 1.29 is 92.4 Å². The average Bonchev–Trinajstić information content (AvgIpc) is 2.82. The normalized spacial score (nSPS) is 18.1. The number of halogens is 17. The molecule has 0 aromatic carbocycles. The van der Waals surface area contributed by atoms with Crippen LogP contribution in [-0.4, -0.2) is 83.0 Å². The average molecular weight is 715 g/mol. The molecule has 43 heavy (non-hydrogen) atoms. The number of carbonyl (C=O) groups excluding carboxylic acids is 1. The topological polar surface area (TPSA) is 74.3 Å². The summed E-state index contributed by atoms with van der Waals surface area (Å²) in [6.45, 7) is 2.09. The number of hydrogen-bond donors (Lipinski definition) is 0. The highest BCUT2D eigenvalue weighted by molar-refractivity contribution is 7.97. The molecule has 1 rings (SSSR count). The predicted molar refractivity (Wildman–Crippen MR) is 115 cm³/mol. The van der Waals surface area contributed by atoms with Gasteiger partial charge in [0.05, 0.1) is 6.26 Å². The van der Waals surface area contributed by atoms with Gasteiger partial charge in [0.25, 0.3) is 0 Å². The zero-order valence-electron chi connectivity index (χ0n) is 21.6. The molecule has 1 unspecified atom stereocenters. The lowest BCUT2D eigenvalue weighted by Crippen LogP contribution is -2.75. The molecule has 0 aliphatic heterocycles. The third-order valence-electron chi connectivity index (χ3n) is 6.05. The summed E-state index contributed by atoms with van der Waals surface area (Å²) < 4.78 is 244. The second-order valence-electron chi connectivity index (χ2n) is 9.30. The second-order valence-corrected chi connectivity index (χ2v) is 13.1. The van der Waals surface area contributed by atoms with Crippen molar-refractivity contribution in [3.8, 4) is 0 Å². The first-order chi connectivity index (χ1) is 18.7. The molecule has 258 valence electrons. The monoisotopic (exact) mass is 714 g/mol. The van der Waals surface area contributed by atoms with E-state index in [-0.39, 0.29) is 0 Å². The van der Waals surface area contributed by atoms with E-state index in [1.165, 1.54) is 32.1 Å². The summed E-state index contributed by atoms with van der Waals surface area (Å²) in [5.74, 6) is -50.8. The van der Waals surface area contributed by atoms with Crippen molar-refractivity contribution in [1.82, 2.24) is 0 Å².